The zero-order valence-electron chi connectivity index (χ0n) is 17.0. The fourth-order valence-corrected chi connectivity index (χ4v) is 4.20. The molecule has 1 fully saturated rings. The number of carbonyl (C=O) groups is 1. The minimum absolute atomic E-state index is 0.0681. The molecule has 0 bridgehead atoms. The molecule has 0 aliphatic carbocycles. The van der Waals surface area contributed by atoms with Crippen molar-refractivity contribution in [3.63, 3.8) is 0 Å². The van der Waals surface area contributed by atoms with Crippen molar-refractivity contribution in [3.8, 4) is 23.0 Å². The molecular formula is C22H23NO5S2. The highest BCUT2D eigenvalue weighted by atomic mass is 32.2. The van der Waals surface area contributed by atoms with E-state index in [1.165, 1.54) is 11.8 Å². The summed E-state index contributed by atoms with van der Waals surface area (Å²) in [6.07, 6.45) is 1.81. The van der Waals surface area contributed by atoms with Crippen molar-refractivity contribution in [2.24, 2.45) is 0 Å². The Morgan fingerprint density at radius 3 is 2.47 bits per heavy atom. The lowest BCUT2D eigenvalue weighted by atomic mass is 10.2. The zero-order valence-corrected chi connectivity index (χ0v) is 18.7. The molecule has 2 aromatic carbocycles. The molecule has 6 nitrogen and oxygen atoms in total. The summed E-state index contributed by atoms with van der Waals surface area (Å²) in [6, 6.07) is 12.9. The third kappa shape index (κ3) is 5.25. The lowest BCUT2D eigenvalue weighted by Crippen LogP contribution is -2.27. The molecule has 158 valence electrons. The van der Waals surface area contributed by atoms with Gasteiger partial charge in [-0.1, -0.05) is 36.1 Å². The van der Waals surface area contributed by atoms with Gasteiger partial charge in [-0.25, -0.2) is 0 Å². The maximum atomic E-state index is 12.4. The topological polar surface area (TPSA) is 57.2 Å². The van der Waals surface area contributed by atoms with E-state index >= 15 is 0 Å². The number of nitrogens with zero attached hydrogens (tertiary/aromatic N) is 1. The van der Waals surface area contributed by atoms with E-state index in [1.54, 1.807) is 19.1 Å². The smallest absolute Gasteiger partial charge is 0.266 e. The number of carbonyl (C=O) groups excluding carboxylic acids is 1. The summed E-state index contributed by atoms with van der Waals surface area (Å²) in [5.74, 6) is 2.56. The molecule has 1 aliphatic heterocycles. The van der Waals surface area contributed by atoms with E-state index in [2.05, 4.69) is 0 Å². The number of amides is 1. The maximum Gasteiger partial charge on any atom is 0.266 e. The summed E-state index contributed by atoms with van der Waals surface area (Å²) in [7, 11) is 3.19. The Morgan fingerprint density at radius 1 is 1.00 bits per heavy atom. The second-order valence-corrected chi connectivity index (χ2v) is 7.89. The minimum Gasteiger partial charge on any atom is -0.497 e. The Labute approximate surface area is 185 Å². The van der Waals surface area contributed by atoms with Gasteiger partial charge in [0.2, 0.25) is 0 Å². The van der Waals surface area contributed by atoms with Crippen LogP contribution in [0, 0.1) is 0 Å². The highest BCUT2D eigenvalue weighted by Crippen LogP contribution is 2.34. The van der Waals surface area contributed by atoms with Crippen LogP contribution in [0.15, 0.2) is 47.4 Å². The molecule has 0 atom stereocenters. The molecule has 0 unspecified atom stereocenters. The van der Waals surface area contributed by atoms with Crippen LogP contribution in [0.5, 0.6) is 23.0 Å². The fourth-order valence-electron chi connectivity index (χ4n) is 2.82. The summed E-state index contributed by atoms with van der Waals surface area (Å²) in [4.78, 5) is 14.6. The lowest BCUT2D eigenvalue weighted by Gasteiger charge is -2.12. The molecule has 1 aliphatic rings. The van der Waals surface area contributed by atoms with E-state index in [9.17, 15) is 4.79 Å². The fraction of sp³-hybridized carbons (Fsp3) is 0.273. The van der Waals surface area contributed by atoms with Gasteiger partial charge in [0.25, 0.3) is 5.91 Å². The lowest BCUT2D eigenvalue weighted by molar-refractivity contribution is -0.121. The second-order valence-electron chi connectivity index (χ2n) is 6.21. The van der Waals surface area contributed by atoms with Gasteiger partial charge in [0.15, 0.2) is 11.5 Å². The summed E-state index contributed by atoms with van der Waals surface area (Å²) in [5, 5.41) is 0. The molecule has 0 N–H and O–H groups in total. The molecule has 0 saturated carbocycles. The van der Waals surface area contributed by atoms with Gasteiger partial charge in [0.1, 0.15) is 29.0 Å². The molecule has 2 aromatic rings. The average molecular weight is 446 g/mol. The van der Waals surface area contributed by atoms with Crippen LogP contribution in [0.25, 0.3) is 6.08 Å². The monoisotopic (exact) mass is 445 g/mol. The van der Waals surface area contributed by atoms with E-state index in [-0.39, 0.29) is 5.91 Å². The Balaban J connectivity index is 1.61. The van der Waals surface area contributed by atoms with Gasteiger partial charge in [0.05, 0.1) is 19.1 Å². The predicted molar refractivity (Wildman–Crippen MR) is 123 cm³/mol. The van der Waals surface area contributed by atoms with Gasteiger partial charge in [0, 0.05) is 12.6 Å². The van der Waals surface area contributed by atoms with Crippen LogP contribution >= 0.6 is 24.0 Å². The highest BCUT2D eigenvalue weighted by Gasteiger charge is 2.30. The Kier molecular flexibility index (Phi) is 7.59. The average Bonchev–Trinajstić information content (AvgIpc) is 3.04. The van der Waals surface area contributed by atoms with Crippen molar-refractivity contribution >= 4 is 40.3 Å². The van der Waals surface area contributed by atoms with E-state index in [0.29, 0.717) is 46.2 Å². The van der Waals surface area contributed by atoms with E-state index in [0.717, 1.165) is 11.3 Å². The molecule has 3 rings (SSSR count). The number of thiocarbonyl (C=S) groups is 1. The Hall–Kier alpha value is -2.71. The number of likely N-dealkylation sites (N-methyl/N-ethyl adjacent to an activating group) is 1. The van der Waals surface area contributed by atoms with Gasteiger partial charge in [-0.2, -0.15) is 0 Å². The van der Waals surface area contributed by atoms with E-state index < -0.39 is 0 Å². The van der Waals surface area contributed by atoms with Crippen LogP contribution in [0.3, 0.4) is 0 Å². The molecule has 0 spiro atoms. The molecule has 30 heavy (non-hydrogen) atoms. The summed E-state index contributed by atoms with van der Waals surface area (Å²) >= 11 is 6.56. The van der Waals surface area contributed by atoms with Gasteiger partial charge in [-0.3, -0.25) is 9.69 Å². The van der Waals surface area contributed by atoms with Crippen molar-refractivity contribution in [2.75, 3.05) is 34.0 Å². The van der Waals surface area contributed by atoms with Crippen LogP contribution in [0.1, 0.15) is 12.5 Å². The van der Waals surface area contributed by atoms with Crippen LogP contribution in [-0.4, -0.2) is 49.1 Å². The number of thioether (sulfide) groups is 1. The van der Waals surface area contributed by atoms with Crippen molar-refractivity contribution in [1.29, 1.82) is 0 Å². The Bertz CT molecular complexity index is 960. The molecule has 8 heteroatoms. The van der Waals surface area contributed by atoms with Crippen LogP contribution < -0.4 is 18.9 Å². The van der Waals surface area contributed by atoms with Crippen molar-refractivity contribution in [1.82, 2.24) is 4.90 Å². The zero-order chi connectivity index (χ0) is 21.5. The van der Waals surface area contributed by atoms with Crippen LogP contribution in [0.4, 0.5) is 0 Å². The third-order valence-corrected chi connectivity index (χ3v) is 5.70. The number of methoxy groups -OCH3 is 2. The summed E-state index contributed by atoms with van der Waals surface area (Å²) in [6.45, 7) is 3.19. The van der Waals surface area contributed by atoms with Gasteiger partial charge >= 0.3 is 0 Å². The van der Waals surface area contributed by atoms with Crippen molar-refractivity contribution in [2.45, 2.75) is 6.92 Å². The van der Waals surface area contributed by atoms with Crippen LogP contribution in [0.2, 0.25) is 0 Å². The molecule has 1 heterocycles. The number of hydrogen-bond acceptors (Lipinski definition) is 7. The number of rotatable bonds is 9. The van der Waals surface area contributed by atoms with Crippen LogP contribution in [-0.2, 0) is 4.79 Å². The quantitative estimate of drug-likeness (QED) is 0.322. The first-order chi connectivity index (χ1) is 14.5. The van der Waals surface area contributed by atoms with E-state index in [4.69, 9.17) is 31.2 Å². The summed E-state index contributed by atoms with van der Waals surface area (Å²) < 4.78 is 22.7. The van der Waals surface area contributed by atoms with Gasteiger partial charge < -0.3 is 18.9 Å². The second kappa shape index (κ2) is 10.4. The minimum atomic E-state index is -0.0681. The molecule has 1 saturated heterocycles. The third-order valence-electron chi connectivity index (χ3n) is 4.33. The van der Waals surface area contributed by atoms with Crippen molar-refractivity contribution < 1.29 is 23.7 Å². The molecule has 1 amide bonds. The first kappa shape index (κ1) is 22.0. The number of hydrogen-bond donors (Lipinski definition) is 0. The van der Waals surface area contributed by atoms with E-state index in [1.807, 2.05) is 55.5 Å². The first-order valence-electron chi connectivity index (χ1n) is 9.38. The Morgan fingerprint density at radius 2 is 1.77 bits per heavy atom. The standard InChI is InChI=1S/C22H23NO5S2/c1-4-23-21(24)20(30-22(23)29)13-15-8-9-18(19(12-15)26-3)28-11-10-27-17-7-5-6-16(14-17)25-2/h5-9,12-14H,4,10-11H2,1-3H3/b20-13-. The van der Waals surface area contributed by atoms with Gasteiger partial charge in [-0.15, -0.1) is 0 Å². The number of ether oxygens (including phenoxy) is 4. The first-order valence-corrected chi connectivity index (χ1v) is 10.6. The predicted octanol–water partition coefficient (Wildman–Crippen LogP) is 4.38. The molecular weight excluding hydrogens is 422 g/mol. The molecule has 0 radical (unpaired) electrons. The normalized spacial score (nSPS) is 14.9. The van der Waals surface area contributed by atoms with Gasteiger partial charge in [-0.05, 0) is 42.8 Å². The number of benzene rings is 2. The van der Waals surface area contributed by atoms with Crippen molar-refractivity contribution in [3.05, 3.63) is 52.9 Å². The molecule has 0 aromatic heterocycles. The largest absolute Gasteiger partial charge is 0.497 e. The maximum absolute atomic E-state index is 12.4. The highest BCUT2D eigenvalue weighted by molar-refractivity contribution is 8.26. The SMILES string of the molecule is CCN1C(=O)/C(=C/c2ccc(OCCOc3cccc(OC)c3)c(OC)c2)SC1=S. The summed E-state index contributed by atoms with van der Waals surface area (Å²) in [5.41, 5.74) is 0.837.